The van der Waals surface area contributed by atoms with Gasteiger partial charge in [-0.25, -0.2) is 4.39 Å². The van der Waals surface area contributed by atoms with Crippen LogP contribution in [0.1, 0.15) is 63.3 Å². The molecule has 0 aliphatic carbocycles. The minimum Gasteiger partial charge on any atom is -0.591 e. The maximum atomic E-state index is 14.4. The summed E-state index contributed by atoms with van der Waals surface area (Å²) >= 11 is 5.19. The van der Waals surface area contributed by atoms with Gasteiger partial charge in [0.25, 0.3) is 0 Å². The fourth-order valence-electron chi connectivity index (χ4n) is 3.36. The summed E-state index contributed by atoms with van der Waals surface area (Å²) in [6, 6.07) is 2.80. The lowest BCUT2D eigenvalue weighted by Crippen LogP contribution is -2.26. The van der Waals surface area contributed by atoms with Gasteiger partial charge in [-0.2, -0.15) is 0 Å². The number of fused-ring (bicyclic) bond motifs is 1. The molecule has 0 N–H and O–H groups in total. The summed E-state index contributed by atoms with van der Waals surface area (Å²) < 4.78 is 36.1. The zero-order valence-electron chi connectivity index (χ0n) is 16.9. The van der Waals surface area contributed by atoms with E-state index in [9.17, 15) is 8.94 Å². The molecule has 1 aromatic carbocycles. The molecule has 2 aromatic rings. The molecule has 1 saturated heterocycles. The Morgan fingerprint density at radius 2 is 1.96 bits per heavy atom. The second-order valence-corrected chi connectivity index (χ2v) is 10.5. The highest BCUT2D eigenvalue weighted by Gasteiger charge is 2.28. The Balaban J connectivity index is 2.20. The quantitative estimate of drug-likeness (QED) is 0.482. The van der Waals surface area contributed by atoms with Gasteiger partial charge in [-0.1, -0.05) is 16.0 Å². The van der Waals surface area contributed by atoms with Crippen LogP contribution in [0.2, 0.25) is 5.02 Å². The highest BCUT2D eigenvalue weighted by molar-refractivity contribution is 7.91. The summed E-state index contributed by atoms with van der Waals surface area (Å²) in [6.45, 7) is 10.6. The molecule has 2 heterocycles. The van der Waals surface area contributed by atoms with E-state index in [2.05, 4.69) is 4.40 Å². The van der Waals surface area contributed by atoms with Crippen LogP contribution < -0.4 is 0 Å². The fourth-order valence-corrected chi connectivity index (χ4v) is 4.22. The average Bonchev–Trinajstić information content (AvgIpc) is 2.64. The first-order valence-corrected chi connectivity index (χ1v) is 10.9. The molecule has 1 fully saturated rings. The lowest BCUT2D eigenvalue weighted by molar-refractivity contribution is 0.0844. The third-order valence-corrected chi connectivity index (χ3v) is 6.97. The number of hydrogen-bond donors (Lipinski definition) is 0. The molecule has 0 bridgehead atoms. The molecule has 7 heteroatoms. The largest absolute Gasteiger partial charge is 0.591 e. The Bertz CT molecular complexity index is 921. The van der Waals surface area contributed by atoms with Crippen LogP contribution in [0.5, 0.6) is 0 Å². The molecule has 1 aromatic heterocycles. The number of hydrogen-bond acceptors (Lipinski definition) is 4. The summed E-state index contributed by atoms with van der Waals surface area (Å²) in [6.07, 6.45) is 1.76. The van der Waals surface area contributed by atoms with E-state index in [4.69, 9.17) is 21.3 Å². The maximum absolute atomic E-state index is 14.4. The van der Waals surface area contributed by atoms with Gasteiger partial charge < -0.3 is 9.29 Å². The normalized spacial score (nSPS) is 17.9. The van der Waals surface area contributed by atoms with Crippen LogP contribution in [0.15, 0.2) is 16.5 Å². The van der Waals surface area contributed by atoms with Crippen molar-refractivity contribution in [1.82, 2.24) is 4.98 Å². The van der Waals surface area contributed by atoms with Crippen molar-refractivity contribution in [3.8, 4) is 0 Å². The Hall–Kier alpha value is -1.21. The first kappa shape index (κ1) is 21.5. The molecule has 0 unspecified atom stereocenters. The number of halogens is 2. The minimum absolute atomic E-state index is 0.259. The molecule has 3 rings (SSSR count). The third-order valence-electron chi connectivity index (χ3n) is 5.00. The summed E-state index contributed by atoms with van der Waals surface area (Å²) in [7, 11) is 0. The Morgan fingerprint density at radius 1 is 1.32 bits per heavy atom. The third kappa shape index (κ3) is 4.35. The lowest BCUT2D eigenvalue weighted by atomic mass is 9.91. The summed E-state index contributed by atoms with van der Waals surface area (Å²) in [5.74, 6) is -0.157. The molecule has 152 valence electrons. The van der Waals surface area contributed by atoms with E-state index in [1.807, 2.05) is 27.7 Å². The van der Waals surface area contributed by atoms with E-state index < -0.39 is 21.9 Å². The molecule has 4 nitrogen and oxygen atoms in total. The SMILES string of the molecule is CC(=N[S@+]([O-])C(C)(C)C)c1cc(F)cc2c(Cl)c(C)c(C3CCOCC3)nc12. The van der Waals surface area contributed by atoms with Crippen LogP contribution in [-0.2, 0) is 16.1 Å². The van der Waals surface area contributed by atoms with Gasteiger partial charge in [0.05, 0.1) is 16.3 Å². The topological polar surface area (TPSA) is 57.5 Å². The smallest absolute Gasteiger partial charge is 0.144 e. The van der Waals surface area contributed by atoms with Crippen LogP contribution in [0.3, 0.4) is 0 Å². The van der Waals surface area contributed by atoms with Crippen LogP contribution in [-0.4, -0.2) is 33.2 Å². The van der Waals surface area contributed by atoms with Crippen molar-refractivity contribution < 1.29 is 13.7 Å². The van der Waals surface area contributed by atoms with Crippen molar-refractivity contribution >= 4 is 39.6 Å². The molecule has 1 atom stereocenters. The van der Waals surface area contributed by atoms with E-state index in [1.54, 1.807) is 6.92 Å². The summed E-state index contributed by atoms with van der Waals surface area (Å²) in [5.41, 5.74) is 3.43. The fraction of sp³-hybridized carbons (Fsp3) is 0.524. The van der Waals surface area contributed by atoms with Crippen molar-refractivity contribution in [3.05, 3.63) is 39.8 Å². The summed E-state index contributed by atoms with van der Waals surface area (Å²) in [4.78, 5) is 4.90. The molecule has 0 spiro atoms. The first-order chi connectivity index (χ1) is 13.1. The number of benzene rings is 1. The number of nitrogens with zero attached hydrogens (tertiary/aromatic N) is 2. The number of rotatable bonds is 3. The Morgan fingerprint density at radius 3 is 2.57 bits per heavy atom. The lowest BCUT2D eigenvalue weighted by Gasteiger charge is -2.24. The molecule has 28 heavy (non-hydrogen) atoms. The second-order valence-electron chi connectivity index (χ2n) is 8.21. The number of pyridine rings is 1. The predicted molar refractivity (Wildman–Crippen MR) is 114 cm³/mol. The van der Waals surface area contributed by atoms with Gasteiger partial charge in [-0.3, -0.25) is 4.98 Å². The second kappa shape index (κ2) is 8.27. The number of ether oxygens (including phenoxy) is 1. The van der Waals surface area contributed by atoms with Gasteiger partial charge in [-0.05, 0) is 65.2 Å². The highest BCUT2D eigenvalue weighted by atomic mass is 35.5. The van der Waals surface area contributed by atoms with Crippen molar-refractivity contribution in [2.24, 2.45) is 4.40 Å². The monoisotopic (exact) mass is 424 g/mol. The molecule has 1 aliphatic rings. The van der Waals surface area contributed by atoms with Gasteiger partial charge in [0.15, 0.2) is 0 Å². The van der Waals surface area contributed by atoms with Crippen LogP contribution in [0, 0.1) is 12.7 Å². The van der Waals surface area contributed by atoms with Gasteiger partial charge in [0.2, 0.25) is 0 Å². The zero-order chi connectivity index (χ0) is 20.6. The van der Waals surface area contributed by atoms with E-state index >= 15 is 0 Å². The molecule has 1 aliphatic heterocycles. The van der Waals surface area contributed by atoms with Gasteiger partial charge in [-0.15, -0.1) is 0 Å². The minimum atomic E-state index is -1.45. The van der Waals surface area contributed by atoms with Crippen molar-refractivity contribution in [2.75, 3.05) is 13.2 Å². The van der Waals surface area contributed by atoms with Crippen molar-refractivity contribution in [1.29, 1.82) is 0 Å². The molecule has 0 amide bonds. The zero-order valence-corrected chi connectivity index (χ0v) is 18.5. The van der Waals surface area contributed by atoms with E-state index in [1.165, 1.54) is 12.1 Å². The van der Waals surface area contributed by atoms with E-state index in [0.717, 1.165) is 24.1 Å². The average molecular weight is 425 g/mol. The van der Waals surface area contributed by atoms with E-state index in [-0.39, 0.29) is 5.92 Å². The molecule has 0 radical (unpaired) electrons. The molecule has 0 saturated carbocycles. The maximum Gasteiger partial charge on any atom is 0.144 e. The standard InChI is InChI=1S/C21H26ClFN2O2S/c1-12-18(22)17-11-15(23)10-16(13(2)25-28(26)21(3,4)5)20(17)24-19(12)14-6-8-27-9-7-14/h10-11,14H,6-9H2,1-5H3/t28-/m1/s1. The van der Waals surface area contributed by atoms with Gasteiger partial charge >= 0.3 is 0 Å². The Labute approximate surface area is 173 Å². The van der Waals surface area contributed by atoms with Crippen LogP contribution >= 0.6 is 11.6 Å². The van der Waals surface area contributed by atoms with Gasteiger partial charge in [0, 0.05) is 35.8 Å². The molecular formula is C21H26ClFN2O2S. The number of aromatic nitrogens is 1. The van der Waals surface area contributed by atoms with Crippen molar-refractivity contribution in [2.45, 2.75) is 58.1 Å². The van der Waals surface area contributed by atoms with Crippen LogP contribution in [0.25, 0.3) is 10.9 Å². The predicted octanol–water partition coefficient (Wildman–Crippen LogP) is 5.50. The first-order valence-electron chi connectivity index (χ1n) is 9.44. The summed E-state index contributed by atoms with van der Waals surface area (Å²) in [5, 5.41) is 1.07. The molecular weight excluding hydrogens is 399 g/mol. The Kier molecular flexibility index (Phi) is 6.35. The highest BCUT2D eigenvalue weighted by Crippen LogP contribution is 2.36. The van der Waals surface area contributed by atoms with Crippen molar-refractivity contribution in [3.63, 3.8) is 0 Å². The van der Waals surface area contributed by atoms with E-state index in [0.29, 0.717) is 40.4 Å². The van der Waals surface area contributed by atoms with Gasteiger partial charge in [0.1, 0.15) is 21.9 Å². The van der Waals surface area contributed by atoms with Crippen LogP contribution in [0.4, 0.5) is 4.39 Å².